The van der Waals surface area contributed by atoms with Gasteiger partial charge in [-0.25, -0.2) is 0 Å². The molecular weight excluding hydrogens is 342 g/mol. The van der Waals surface area contributed by atoms with Crippen LogP contribution in [-0.2, 0) is 20.8 Å². The number of rotatable bonds is 7. The smallest absolute Gasteiger partial charge is 0.323 e. The molecule has 1 aromatic rings. The lowest BCUT2D eigenvalue weighted by Gasteiger charge is -2.30. The molecule has 6 nitrogen and oxygen atoms in total. The monoisotopic (exact) mass is 365 g/mol. The number of benzene rings is 1. The molecule has 0 fully saturated rings. The van der Waals surface area contributed by atoms with Crippen molar-refractivity contribution in [3.8, 4) is 5.75 Å². The zero-order chi connectivity index (χ0) is 18.6. The largest absolute Gasteiger partial charge is 0.497 e. The van der Waals surface area contributed by atoms with Crippen LogP contribution in [0.4, 0.5) is 0 Å². The van der Waals surface area contributed by atoms with Crippen LogP contribution in [-0.4, -0.2) is 46.4 Å². The van der Waals surface area contributed by atoms with Gasteiger partial charge in [-0.15, -0.1) is 0 Å². The number of carbonyl (C=O) groups excluding carboxylic acids is 2. The van der Waals surface area contributed by atoms with E-state index < -0.39 is 11.9 Å². The lowest BCUT2D eigenvalue weighted by molar-refractivity contribution is -0.147. The first-order chi connectivity index (χ1) is 11.8. The summed E-state index contributed by atoms with van der Waals surface area (Å²) >= 11 is 1.08. The molecule has 2 rings (SSSR count). The third-order valence-electron chi connectivity index (χ3n) is 4.32. The SMILES string of the molecule is COc1ccc2c(c1)C(N(CC(=O)O)C(=O)C(C)CSC(C)=O)CC2. The molecule has 0 bridgehead atoms. The number of nitrogens with zero attached hydrogens (tertiary/aromatic N) is 1. The van der Waals surface area contributed by atoms with E-state index in [2.05, 4.69) is 0 Å². The van der Waals surface area contributed by atoms with E-state index in [1.807, 2.05) is 18.2 Å². The average Bonchev–Trinajstić information content (AvgIpc) is 2.99. The van der Waals surface area contributed by atoms with Gasteiger partial charge in [0, 0.05) is 18.6 Å². The molecule has 1 N–H and O–H groups in total. The van der Waals surface area contributed by atoms with Crippen LogP contribution in [0.5, 0.6) is 5.75 Å². The van der Waals surface area contributed by atoms with Gasteiger partial charge < -0.3 is 14.7 Å². The van der Waals surface area contributed by atoms with Crippen LogP contribution in [0.15, 0.2) is 18.2 Å². The Balaban J connectivity index is 2.26. The summed E-state index contributed by atoms with van der Waals surface area (Å²) < 4.78 is 5.26. The number of hydrogen-bond donors (Lipinski definition) is 1. The molecule has 1 amide bonds. The van der Waals surface area contributed by atoms with Crippen LogP contribution in [0.3, 0.4) is 0 Å². The van der Waals surface area contributed by atoms with Crippen LogP contribution in [0, 0.1) is 5.92 Å². The molecule has 7 heteroatoms. The topological polar surface area (TPSA) is 83.9 Å². The second-order valence-corrected chi connectivity index (χ2v) is 7.38. The van der Waals surface area contributed by atoms with E-state index in [1.165, 1.54) is 11.8 Å². The van der Waals surface area contributed by atoms with Gasteiger partial charge in [0.2, 0.25) is 5.91 Å². The van der Waals surface area contributed by atoms with Crippen molar-refractivity contribution in [2.45, 2.75) is 32.7 Å². The highest BCUT2D eigenvalue weighted by Crippen LogP contribution is 2.38. The fourth-order valence-corrected chi connectivity index (χ4v) is 3.72. The summed E-state index contributed by atoms with van der Waals surface area (Å²) in [6.45, 7) is 2.83. The maximum Gasteiger partial charge on any atom is 0.323 e. The standard InChI is InChI=1S/C18H23NO5S/c1-11(10-25-12(2)20)18(23)19(9-17(21)22)16-7-5-13-4-6-14(24-3)8-15(13)16/h4,6,8,11,16H,5,7,9-10H2,1-3H3,(H,21,22). The van der Waals surface area contributed by atoms with Crippen molar-refractivity contribution in [3.05, 3.63) is 29.3 Å². The third-order valence-corrected chi connectivity index (χ3v) is 5.40. The van der Waals surface area contributed by atoms with E-state index in [0.29, 0.717) is 17.9 Å². The average molecular weight is 365 g/mol. The number of fused-ring (bicyclic) bond motifs is 1. The molecule has 136 valence electrons. The first-order valence-corrected chi connectivity index (χ1v) is 9.14. The molecule has 25 heavy (non-hydrogen) atoms. The van der Waals surface area contributed by atoms with Crippen LogP contribution in [0.25, 0.3) is 0 Å². The predicted octanol–water partition coefficient (Wildman–Crippen LogP) is 2.51. The lowest BCUT2D eigenvalue weighted by atomic mass is 10.0. The van der Waals surface area contributed by atoms with Crippen molar-refractivity contribution < 1.29 is 24.2 Å². The van der Waals surface area contributed by atoms with Gasteiger partial charge in [-0.2, -0.15) is 0 Å². The number of methoxy groups -OCH3 is 1. The highest BCUT2D eigenvalue weighted by atomic mass is 32.2. The lowest BCUT2D eigenvalue weighted by Crippen LogP contribution is -2.41. The van der Waals surface area contributed by atoms with Gasteiger partial charge in [0.05, 0.1) is 13.2 Å². The van der Waals surface area contributed by atoms with Crippen molar-refractivity contribution in [2.75, 3.05) is 19.4 Å². The zero-order valence-electron chi connectivity index (χ0n) is 14.7. The van der Waals surface area contributed by atoms with E-state index in [0.717, 1.165) is 29.3 Å². The maximum atomic E-state index is 12.8. The number of carboxylic acids is 1. The third kappa shape index (κ3) is 4.75. The number of aryl methyl sites for hydroxylation is 1. The van der Waals surface area contributed by atoms with Crippen molar-refractivity contribution in [1.29, 1.82) is 0 Å². The summed E-state index contributed by atoms with van der Waals surface area (Å²) in [5.74, 6) is -0.675. The number of amides is 1. The summed E-state index contributed by atoms with van der Waals surface area (Å²) in [7, 11) is 1.58. The Bertz CT molecular complexity index is 675. The van der Waals surface area contributed by atoms with E-state index in [9.17, 15) is 19.5 Å². The van der Waals surface area contributed by atoms with Crippen LogP contribution in [0.2, 0.25) is 0 Å². The number of hydrogen-bond acceptors (Lipinski definition) is 5. The molecule has 2 unspecified atom stereocenters. The van der Waals surface area contributed by atoms with Gasteiger partial charge in [0.1, 0.15) is 12.3 Å². The molecule has 0 heterocycles. The van der Waals surface area contributed by atoms with Crippen molar-refractivity contribution in [2.24, 2.45) is 5.92 Å². The number of aliphatic carboxylic acids is 1. The molecular formula is C18H23NO5S. The molecule has 0 saturated carbocycles. The maximum absolute atomic E-state index is 12.8. The number of carbonyl (C=O) groups is 3. The van der Waals surface area contributed by atoms with Gasteiger partial charge in [0.15, 0.2) is 5.12 Å². The Labute approximate surface area is 151 Å². The van der Waals surface area contributed by atoms with E-state index >= 15 is 0 Å². The molecule has 0 saturated heterocycles. The summed E-state index contributed by atoms with van der Waals surface area (Å²) in [5, 5.41) is 9.21. The Morgan fingerprint density at radius 3 is 2.72 bits per heavy atom. The number of carboxylic acid groups (broad SMARTS) is 1. The summed E-state index contributed by atoms with van der Waals surface area (Å²) in [6, 6.07) is 5.44. The second kappa shape index (κ2) is 8.38. The molecule has 2 atom stereocenters. The summed E-state index contributed by atoms with van der Waals surface area (Å²) in [5.41, 5.74) is 2.06. The first-order valence-electron chi connectivity index (χ1n) is 8.16. The van der Waals surface area contributed by atoms with Gasteiger partial charge >= 0.3 is 5.97 Å². The van der Waals surface area contributed by atoms with Gasteiger partial charge in [-0.3, -0.25) is 14.4 Å². The Kier molecular flexibility index (Phi) is 6.47. The molecule has 1 aromatic carbocycles. The zero-order valence-corrected chi connectivity index (χ0v) is 15.5. The summed E-state index contributed by atoms with van der Waals surface area (Å²) in [6.07, 6.45) is 1.48. The Morgan fingerprint density at radius 1 is 1.40 bits per heavy atom. The quantitative estimate of drug-likeness (QED) is 0.799. The van der Waals surface area contributed by atoms with Crippen LogP contribution >= 0.6 is 11.8 Å². The van der Waals surface area contributed by atoms with Gasteiger partial charge in [0.25, 0.3) is 0 Å². The normalized spacial score (nSPS) is 16.8. The number of ether oxygens (including phenoxy) is 1. The Hall–Kier alpha value is -2.02. The minimum absolute atomic E-state index is 0.0552. The van der Waals surface area contributed by atoms with Crippen molar-refractivity contribution in [1.82, 2.24) is 4.90 Å². The predicted molar refractivity (Wildman–Crippen MR) is 95.7 cm³/mol. The fraction of sp³-hybridized carbons (Fsp3) is 0.500. The van der Waals surface area contributed by atoms with E-state index in [1.54, 1.807) is 14.0 Å². The second-order valence-electron chi connectivity index (χ2n) is 6.18. The van der Waals surface area contributed by atoms with Crippen LogP contribution < -0.4 is 4.74 Å². The molecule has 0 radical (unpaired) electrons. The molecule has 0 aliphatic heterocycles. The van der Waals surface area contributed by atoms with Gasteiger partial charge in [-0.05, 0) is 36.1 Å². The number of thioether (sulfide) groups is 1. The highest BCUT2D eigenvalue weighted by molar-refractivity contribution is 8.13. The first kappa shape index (κ1) is 19.3. The van der Waals surface area contributed by atoms with E-state index in [4.69, 9.17) is 4.74 Å². The molecule has 1 aliphatic carbocycles. The fourth-order valence-electron chi connectivity index (χ4n) is 3.09. The molecule has 0 spiro atoms. The minimum Gasteiger partial charge on any atom is -0.497 e. The molecule has 1 aliphatic rings. The minimum atomic E-state index is -1.05. The van der Waals surface area contributed by atoms with E-state index in [-0.39, 0.29) is 23.6 Å². The summed E-state index contributed by atoms with van der Waals surface area (Å²) in [4.78, 5) is 36.7. The Morgan fingerprint density at radius 2 is 2.12 bits per heavy atom. The van der Waals surface area contributed by atoms with Crippen molar-refractivity contribution in [3.63, 3.8) is 0 Å². The highest BCUT2D eigenvalue weighted by Gasteiger charge is 2.34. The van der Waals surface area contributed by atoms with Crippen molar-refractivity contribution >= 4 is 28.8 Å². The molecule has 0 aromatic heterocycles. The van der Waals surface area contributed by atoms with Gasteiger partial charge in [-0.1, -0.05) is 24.8 Å². The van der Waals surface area contributed by atoms with Crippen LogP contribution in [0.1, 0.15) is 37.4 Å².